The molecular formula is C46H46IrN2SSi-2. The molecule has 4 aromatic carbocycles. The first-order valence-corrected chi connectivity index (χ1v) is 22.4. The van der Waals surface area contributed by atoms with Crippen LogP contribution in [0.3, 0.4) is 0 Å². The van der Waals surface area contributed by atoms with Gasteiger partial charge in [-0.05, 0) is 62.1 Å². The summed E-state index contributed by atoms with van der Waals surface area (Å²) < 4.78 is 2.58. The maximum atomic E-state index is 4.75. The second-order valence-corrected chi connectivity index (χ2v) is 21.0. The fourth-order valence-electron chi connectivity index (χ4n) is 7.31. The number of pyridine rings is 2. The van der Waals surface area contributed by atoms with E-state index in [1.54, 1.807) is 10.8 Å². The fraction of sp³-hybridized carbons (Fsp3) is 0.261. The van der Waals surface area contributed by atoms with Gasteiger partial charge in [0.25, 0.3) is 0 Å². The number of aromatic nitrogens is 2. The minimum absolute atomic E-state index is 0. The molecule has 0 aliphatic heterocycles. The topological polar surface area (TPSA) is 25.8 Å². The molecule has 2 nitrogen and oxygen atoms in total. The first-order chi connectivity index (χ1) is 24.3. The Kier molecular flexibility index (Phi) is 11.8. The Balaban J connectivity index is 0.000000178. The average Bonchev–Trinajstić information content (AvgIpc) is 3.80. The Morgan fingerprint density at radius 2 is 1.53 bits per heavy atom. The number of hydrogen-bond donors (Lipinski definition) is 0. The van der Waals surface area contributed by atoms with Gasteiger partial charge in [0.05, 0.1) is 8.07 Å². The summed E-state index contributed by atoms with van der Waals surface area (Å²) in [5.74, 6) is 1.36. The fourth-order valence-corrected chi connectivity index (χ4v) is 10.2. The summed E-state index contributed by atoms with van der Waals surface area (Å²) in [5.41, 5.74) is 9.69. The number of benzene rings is 4. The molecule has 1 radical (unpaired) electrons. The van der Waals surface area contributed by atoms with E-state index in [1.165, 1.54) is 69.0 Å². The molecule has 3 aromatic heterocycles. The second kappa shape index (κ2) is 16.3. The second-order valence-electron chi connectivity index (χ2n) is 15.0. The summed E-state index contributed by atoms with van der Waals surface area (Å²) in [5, 5.41) is 4.12. The molecule has 3 heterocycles. The van der Waals surface area contributed by atoms with Crippen LogP contribution in [0.25, 0.3) is 53.8 Å². The third-order valence-electron chi connectivity index (χ3n) is 10.0. The van der Waals surface area contributed by atoms with Crippen LogP contribution >= 0.6 is 11.3 Å². The molecule has 7 aromatic rings. The van der Waals surface area contributed by atoms with Crippen LogP contribution in [0.4, 0.5) is 0 Å². The van der Waals surface area contributed by atoms with E-state index in [9.17, 15) is 0 Å². The van der Waals surface area contributed by atoms with Crippen molar-refractivity contribution >= 4 is 44.8 Å². The van der Waals surface area contributed by atoms with E-state index in [1.807, 2.05) is 35.7 Å². The van der Waals surface area contributed by atoms with E-state index in [0.29, 0.717) is 5.92 Å². The normalized spacial score (nSPS) is 13.3. The first kappa shape index (κ1) is 37.0. The van der Waals surface area contributed by atoms with E-state index in [0.717, 1.165) is 28.4 Å². The van der Waals surface area contributed by atoms with Crippen molar-refractivity contribution < 1.29 is 20.1 Å². The Bertz CT molecular complexity index is 2210. The van der Waals surface area contributed by atoms with Crippen molar-refractivity contribution in [3.63, 3.8) is 0 Å². The van der Waals surface area contributed by atoms with Crippen LogP contribution in [0.15, 0.2) is 116 Å². The summed E-state index contributed by atoms with van der Waals surface area (Å²) >= 11 is 1.85. The molecule has 1 aliphatic rings. The quantitative estimate of drug-likeness (QED) is 0.118. The van der Waals surface area contributed by atoms with Gasteiger partial charge in [-0.1, -0.05) is 136 Å². The van der Waals surface area contributed by atoms with Crippen molar-refractivity contribution in [2.75, 3.05) is 0 Å². The van der Waals surface area contributed by atoms with Gasteiger partial charge in [0.15, 0.2) is 0 Å². The van der Waals surface area contributed by atoms with Crippen LogP contribution < -0.4 is 5.19 Å². The maximum absolute atomic E-state index is 4.75. The molecule has 1 aliphatic carbocycles. The van der Waals surface area contributed by atoms with Crippen LogP contribution in [0, 0.1) is 18.1 Å². The molecule has 261 valence electrons. The molecule has 51 heavy (non-hydrogen) atoms. The van der Waals surface area contributed by atoms with Gasteiger partial charge < -0.3 is 9.97 Å². The maximum Gasteiger partial charge on any atom is 0.0798 e. The number of rotatable bonds is 7. The van der Waals surface area contributed by atoms with Crippen molar-refractivity contribution in [2.24, 2.45) is 5.92 Å². The van der Waals surface area contributed by atoms with Crippen molar-refractivity contribution in [1.29, 1.82) is 0 Å². The van der Waals surface area contributed by atoms with Crippen molar-refractivity contribution in [3.05, 3.63) is 139 Å². The van der Waals surface area contributed by atoms with Crippen LogP contribution in [0.5, 0.6) is 0 Å². The third kappa shape index (κ3) is 8.34. The summed E-state index contributed by atoms with van der Waals surface area (Å²) in [7, 11) is -1.35. The standard InChI is InChI=1S/C26H20NS.C20H26NSi.Ir/c1-17(2)19-14-15-27-24(16-19)23-13-7-12-22-21-11-6-10-20(25(21)28-26(22)23)18-8-4-3-5-9-18;1-22(2,3)20-15-21-19(17-11-5-4-6-12-17)14-18(20)13-16-9-7-8-10-16;/h3-12,14-17H,1-2H3;4-6,11,14-16H,7-10,13H2,1-3H3;/q2*-1;. The van der Waals surface area contributed by atoms with Gasteiger partial charge in [0.1, 0.15) is 0 Å². The number of fused-ring (bicyclic) bond motifs is 3. The molecule has 0 N–H and O–H groups in total. The average molecular weight is 879 g/mol. The zero-order valence-electron chi connectivity index (χ0n) is 30.3. The van der Waals surface area contributed by atoms with Gasteiger partial charge in [-0.15, -0.1) is 59.7 Å². The van der Waals surface area contributed by atoms with Crippen LogP contribution in [-0.4, -0.2) is 18.0 Å². The zero-order chi connectivity index (χ0) is 34.7. The Morgan fingerprint density at radius 3 is 2.25 bits per heavy atom. The van der Waals surface area contributed by atoms with Gasteiger partial charge in [0.2, 0.25) is 0 Å². The van der Waals surface area contributed by atoms with E-state index < -0.39 is 8.07 Å². The summed E-state index contributed by atoms with van der Waals surface area (Å²) in [4.78, 5) is 9.42. The minimum Gasteiger partial charge on any atom is -0.305 e. The van der Waals surface area contributed by atoms with E-state index in [4.69, 9.17) is 4.98 Å². The molecule has 0 atom stereocenters. The summed E-state index contributed by atoms with van der Waals surface area (Å²) in [6.45, 7) is 11.7. The van der Waals surface area contributed by atoms with Crippen LogP contribution in [0.1, 0.15) is 56.6 Å². The van der Waals surface area contributed by atoms with Crippen LogP contribution in [0.2, 0.25) is 19.6 Å². The summed E-state index contributed by atoms with van der Waals surface area (Å²) in [6, 6.07) is 43.0. The third-order valence-corrected chi connectivity index (χ3v) is 13.4. The van der Waals surface area contributed by atoms with Crippen LogP contribution in [-0.2, 0) is 26.5 Å². The van der Waals surface area contributed by atoms with Crippen molar-refractivity contribution in [3.8, 4) is 33.6 Å². The summed E-state index contributed by atoms with van der Waals surface area (Å²) in [6.07, 6.45) is 10.9. The largest absolute Gasteiger partial charge is 0.305 e. The Morgan fingerprint density at radius 1 is 0.765 bits per heavy atom. The molecule has 0 unspecified atom stereocenters. The Labute approximate surface area is 322 Å². The predicted molar refractivity (Wildman–Crippen MR) is 218 cm³/mol. The molecule has 5 heteroatoms. The Hall–Kier alpha value is -3.73. The van der Waals surface area contributed by atoms with Gasteiger partial charge in [-0.3, -0.25) is 0 Å². The number of hydrogen-bond acceptors (Lipinski definition) is 3. The molecule has 1 fully saturated rings. The van der Waals surface area contributed by atoms with Gasteiger partial charge in [-0.25, -0.2) is 0 Å². The number of nitrogens with zero attached hydrogens (tertiary/aromatic N) is 2. The van der Waals surface area contributed by atoms with Gasteiger partial charge in [-0.2, -0.15) is 11.3 Å². The molecule has 0 bridgehead atoms. The van der Waals surface area contributed by atoms with Gasteiger partial charge >= 0.3 is 0 Å². The number of thiophene rings is 1. The molecule has 0 saturated heterocycles. The SMILES string of the molecule is CC(C)c1ccnc(-c2[c-]ccc3c2sc2c(-c4ccccc4)cccc23)c1.C[Si](C)(C)c1cnc(-c2[c-]cccc2)cc1CC1CCCC1.[Ir]. The van der Waals surface area contributed by atoms with E-state index >= 15 is 0 Å². The first-order valence-electron chi connectivity index (χ1n) is 18.1. The molecule has 1 saturated carbocycles. The van der Waals surface area contributed by atoms with Crippen molar-refractivity contribution in [1.82, 2.24) is 9.97 Å². The van der Waals surface area contributed by atoms with Crippen molar-refractivity contribution in [2.45, 2.75) is 71.5 Å². The predicted octanol–water partition coefficient (Wildman–Crippen LogP) is 12.5. The minimum atomic E-state index is -1.35. The van der Waals surface area contributed by atoms with Gasteiger partial charge in [0, 0.05) is 37.2 Å². The monoisotopic (exact) mass is 879 g/mol. The molecule has 0 spiro atoms. The molecule has 8 rings (SSSR count). The molecule has 0 amide bonds. The van der Waals surface area contributed by atoms with E-state index in [2.05, 4.69) is 142 Å². The zero-order valence-corrected chi connectivity index (χ0v) is 34.5. The van der Waals surface area contributed by atoms with E-state index in [-0.39, 0.29) is 20.1 Å². The smallest absolute Gasteiger partial charge is 0.0798 e. The molecular weight excluding hydrogens is 833 g/mol.